The van der Waals surface area contributed by atoms with Gasteiger partial charge in [-0.05, 0) is 32.1 Å². The van der Waals surface area contributed by atoms with Gasteiger partial charge < -0.3 is 4.74 Å². The van der Waals surface area contributed by atoms with E-state index in [1.807, 2.05) is 0 Å². The van der Waals surface area contributed by atoms with Crippen LogP contribution in [0.25, 0.3) is 0 Å². The number of rotatable bonds is 0. The topological polar surface area (TPSA) is 9.23 Å². The summed E-state index contributed by atoms with van der Waals surface area (Å²) < 4.78 is 5.68. The fourth-order valence-corrected chi connectivity index (χ4v) is 3.13. The van der Waals surface area contributed by atoms with Crippen LogP contribution in [0.4, 0.5) is 0 Å². The Morgan fingerprint density at radius 2 is 1.75 bits per heavy atom. The number of hydrogen-bond acceptors (Lipinski definition) is 1. The number of ether oxygens (including phenoxy) is 1. The first-order valence-corrected chi connectivity index (χ1v) is 7.12. The second-order valence-corrected chi connectivity index (χ2v) is 5.55. The van der Waals surface area contributed by atoms with Crippen LogP contribution in [0.2, 0.25) is 0 Å². The summed E-state index contributed by atoms with van der Waals surface area (Å²) in [5.41, 5.74) is 1.60. The molecule has 1 fully saturated rings. The quantitative estimate of drug-likeness (QED) is 0.554. The summed E-state index contributed by atoms with van der Waals surface area (Å²) in [6, 6.07) is 0. The summed E-state index contributed by atoms with van der Waals surface area (Å²) >= 11 is 0. The third-order valence-electron chi connectivity index (χ3n) is 4.28. The zero-order valence-corrected chi connectivity index (χ0v) is 10.7. The lowest BCUT2D eigenvalue weighted by Gasteiger charge is -2.19. The summed E-state index contributed by atoms with van der Waals surface area (Å²) in [7, 11) is 0. The first-order chi connectivity index (χ1) is 7.88. The van der Waals surface area contributed by atoms with Gasteiger partial charge >= 0.3 is 0 Å². The van der Waals surface area contributed by atoms with E-state index >= 15 is 0 Å². The van der Waals surface area contributed by atoms with E-state index in [2.05, 4.69) is 13.0 Å². The second kappa shape index (κ2) is 6.44. The summed E-state index contributed by atoms with van der Waals surface area (Å²) in [6.45, 7) is 4.31. The molecule has 1 heterocycles. The summed E-state index contributed by atoms with van der Waals surface area (Å²) in [5, 5.41) is 0. The van der Waals surface area contributed by atoms with E-state index in [1.165, 1.54) is 51.4 Å². The highest BCUT2D eigenvalue weighted by molar-refractivity contribution is 5.07. The van der Waals surface area contributed by atoms with Crippen molar-refractivity contribution in [2.24, 2.45) is 11.8 Å². The molecule has 16 heavy (non-hydrogen) atoms. The molecule has 0 bridgehead atoms. The maximum Gasteiger partial charge on any atom is 0.0535 e. The van der Waals surface area contributed by atoms with Crippen molar-refractivity contribution in [1.29, 1.82) is 0 Å². The van der Waals surface area contributed by atoms with Gasteiger partial charge in [-0.15, -0.1) is 0 Å². The van der Waals surface area contributed by atoms with Gasteiger partial charge in [-0.25, -0.2) is 0 Å². The molecule has 0 saturated carbocycles. The largest absolute Gasteiger partial charge is 0.381 e. The third kappa shape index (κ3) is 3.35. The number of fused-ring (bicyclic) bond motifs is 1. The van der Waals surface area contributed by atoms with Crippen molar-refractivity contribution in [1.82, 2.24) is 0 Å². The van der Waals surface area contributed by atoms with E-state index in [1.54, 1.807) is 5.57 Å². The average Bonchev–Trinajstić information content (AvgIpc) is 2.73. The van der Waals surface area contributed by atoms with E-state index < -0.39 is 0 Å². The highest BCUT2D eigenvalue weighted by Gasteiger charge is 2.28. The maximum atomic E-state index is 5.68. The fourth-order valence-electron chi connectivity index (χ4n) is 3.13. The van der Waals surface area contributed by atoms with Gasteiger partial charge in [-0.1, -0.05) is 43.8 Å². The summed E-state index contributed by atoms with van der Waals surface area (Å²) in [5.74, 6) is 1.55. The van der Waals surface area contributed by atoms with Crippen LogP contribution in [0.3, 0.4) is 0 Å². The molecule has 0 aromatic carbocycles. The van der Waals surface area contributed by atoms with Crippen LogP contribution in [-0.4, -0.2) is 13.2 Å². The van der Waals surface area contributed by atoms with Crippen LogP contribution >= 0.6 is 0 Å². The van der Waals surface area contributed by atoms with Gasteiger partial charge in [-0.2, -0.15) is 0 Å². The van der Waals surface area contributed by atoms with Crippen molar-refractivity contribution in [2.45, 2.75) is 58.3 Å². The molecule has 0 aromatic heterocycles. The van der Waals surface area contributed by atoms with Crippen LogP contribution in [0.5, 0.6) is 0 Å². The maximum absolute atomic E-state index is 5.68. The Labute approximate surface area is 100 Å². The van der Waals surface area contributed by atoms with Crippen LogP contribution < -0.4 is 0 Å². The van der Waals surface area contributed by atoms with Crippen molar-refractivity contribution in [3.05, 3.63) is 11.6 Å². The zero-order chi connectivity index (χ0) is 11.2. The highest BCUT2D eigenvalue weighted by Crippen LogP contribution is 2.32. The molecular formula is C15H26O. The lowest BCUT2D eigenvalue weighted by Crippen LogP contribution is -2.14. The highest BCUT2D eigenvalue weighted by atomic mass is 16.5. The summed E-state index contributed by atoms with van der Waals surface area (Å²) in [6.07, 6.45) is 13.7. The smallest absolute Gasteiger partial charge is 0.0535 e. The molecule has 0 amide bonds. The van der Waals surface area contributed by atoms with Crippen LogP contribution in [0.15, 0.2) is 11.6 Å². The van der Waals surface area contributed by atoms with Gasteiger partial charge in [0.1, 0.15) is 0 Å². The Hall–Kier alpha value is -0.300. The Morgan fingerprint density at radius 1 is 1.00 bits per heavy atom. The Bertz CT molecular complexity index is 232. The van der Waals surface area contributed by atoms with Crippen molar-refractivity contribution < 1.29 is 4.74 Å². The Morgan fingerprint density at radius 3 is 2.62 bits per heavy atom. The molecule has 0 N–H and O–H groups in total. The monoisotopic (exact) mass is 222 g/mol. The lowest BCUT2D eigenvalue weighted by atomic mass is 9.85. The standard InChI is InChI=1S/C15H26O/c1-13-9-7-5-3-2-4-6-8-10-14-11-16-12-15(13)14/h9,14-15H,2-8,10-12H2,1H3/b13-9-. The minimum atomic E-state index is 0.736. The molecule has 2 atom stereocenters. The molecule has 1 aliphatic heterocycles. The van der Waals surface area contributed by atoms with Crippen molar-refractivity contribution in [3.8, 4) is 0 Å². The van der Waals surface area contributed by atoms with Gasteiger partial charge in [-0.3, -0.25) is 0 Å². The molecule has 0 aromatic rings. The van der Waals surface area contributed by atoms with E-state index in [9.17, 15) is 0 Å². The third-order valence-corrected chi connectivity index (χ3v) is 4.28. The van der Waals surface area contributed by atoms with Gasteiger partial charge in [0.15, 0.2) is 0 Å². The number of allylic oxidation sites excluding steroid dienone is 1. The Kier molecular flexibility index (Phi) is 4.90. The molecule has 92 valence electrons. The SMILES string of the molecule is C/C1=C/CCCCCCCCC2COCC12. The predicted octanol–water partition coefficient (Wildman–Crippen LogP) is 4.33. The minimum Gasteiger partial charge on any atom is -0.381 e. The first-order valence-electron chi connectivity index (χ1n) is 7.12. The molecule has 2 aliphatic rings. The van der Waals surface area contributed by atoms with Crippen molar-refractivity contribution in [2.75, 3.05) is 13.2 Å². The van der Waals surface area contributed by atoms with Gasteiger partial charge in [0.2, 0.25) is 0 Å². The first kappa shape index (κ1) is 12.2. The summed E-state index contributed by atoms with van der Waals surface area (Å²) in [4.78, 5) is 0. The van der Waals surface area contributed by atoms with Crippen LogP contribution in [-0.2, 0) is 4.74 Å². The normalized spacial score (nSPS) is 36.7. The lowest BCUT2D eigenvalue weighted by molar-refractivity contribution is 0.181. The zero-order valence-electron chi connectivity index (χ0n) is 10.7. The molecular weight excluding hydrogens is 196 g/mol. The molecule has 2 unspecified atom stereocenters. The minimum absolute atomic E-state index is 0.736. The van der Waals surface area contributed by atoms with Crippen LogP contribution in [0, 0.1) is 11.8 Å². The van der Waals surface area contributed by atoms with E-state index in [4.69, 9.17) is 4.74 Å². The number of hydrogen-bond donors (Lipinski definition) is 0. The molecule has 1 heteroatoms. The van der Waals surface area contributed by atoms with E-state index in [0.717, 1.165) is 25.0 Å². The van der Waals surface area contributed by atoms with Gasteiger partial charge in [0.25, 0.3) is 0 Å². The van der Waals surface area contributed by atoms with Crippen molar-refractivity contribution in [3.63, 3.8) is 0 Å². The van der Waals surface area contributed by atoms with Gasteiger partial charge in [0, 0.05) is 5.92 Å². The average molecular weight is 222 g/mol. The van der Waals surface area contributed by atoms with E-state index in [-0.39, 0.29) is 0 Å². The molecule has 0 radical (unpaired) electrons. The van der Waals surface area contributed by atoms with Crippen molar-refractivity contribution >= 4 is 0 Å². The molecule has 2 rings (SSSR count). The van der Waals surface area contributed by atoms with Crippen LogP contribution in [0.1, 0.15) is 58.3 Å². The molecule has 1 aliphatic carbocycles. The fraction of sp³-hybridized carbons (Fsp3) is 0.867. The predicted molar refractivity (Wildman–Crippen MR) is 68.5 cm³/mol. The molecule has 0 spiro atoms. The van der Waals surface area contributed by atoms with Gasteiger partial charge in [0.05, 0.1) is 13.2 Å². The second-order valence-electron chi connectivity index (χ2n) is 5.55. The molecule has 1 nitrogen and oxygen atoms in total. The van der Waals surface area contributed by atoms with E-state index in [0.29, 0.717) is 0 Å². The molecule has 1 saturated heterocycles. The Balaban J connectivity index is 1.95.